The van der Waals surface area contributed by atoms with Crippen molar-refractivity contribution in [3.63, 3.8) is 0 Å². The Bertz CT molecular complexity index is 988. The van der Waals surface area contributed by atoms with Crippen LogP contribution in [0.3, 0.4) is 0 Å². The molecule has 3 heterocycles. The number of carbonyl (C=O) groups excluding carboxylic acids is 1. The number of amides is 1. The molecule has 5 nitrogen and oxygen atoms in total. The number of aromatic amines is 1. The first-order valence-corrected chi connectivity index (χ1v) is 10.5. The van der Waals surface area contributed by atoms with Gasteiger partial charge in [0.1, 0.15) is 0 Å². The summed E-state index contributed by atoms with van der Waals surface area (Å²) in [6.45, 7) is 5.48. The molecule has 6 heteroatoms. The molecule has 140 valence electrons. The molecule has 0 aliphatic carbocycles. The Morgan fingerprint density at radius 3 is 2.70 bits per heavy atom. The third-order valence-electron chi connectivity index (χ3n) is 5.41. The van der Waals surface area contributed by atoms with Crippen LogP contribution in [0, 0.1) is 13.8 Å². The zero-order valence-corrected chi connectivity index (χ0v) is 16.8. The quantitative estimate of drug-likeness (QED) is 0.552. The summed E-state index contributed by atoms with van der Waals surface area (Å²) in [6.07, 6.45) is 4.07. The van der Waals surface area contributed by atoms with Gasteiger partial charge in [-0.15, -0.1) is 0 Å². The Hall–Kier alpha value is -2.34. The second-order valence-electron chi connectivity index (χ2n) is 7.05. The highest BCUT2D eigenvalue weighted by Crippen LogP contribution is 2.28. The number of hydrogen-bond acceptors (Lipinski definition) is 4. The number of hydrogen-bond donors (Lipinski definition) is 1. The number of thioether (sulfide) groups is 1. The van der Waals surface area contributed by atoms with Gasteiger partial charge in [0.25, 0.3) is 0 Å². The number of aromatic nitrogens is 3. The molecule has 2 aromatic heterocycles. The molecule has 0 bridgehead atoms. The molecule has 1 aliphatic rings. The molecular formula is C21H24N4OS. The minimum absolute atomic E-state index is 0.207. The lowest BCUT2D eigenvalue weighted by Gasteiger charge is -2.27. The number of benzene rings is 1. The molecule has 27 heavy (non-hydrogen) atoms. The first-order valence-electron chi connectivity index (χ1n) is 9.31. The van der Waals surface area contributed by atoms with Crippen LogP contribution in [-0.2, 0) is 24.2 Å². The molecule has 1 amide bonds. The fraction of sp³-hybridized carbons (Fsp3) is 0.381. The van der Waals surface area contributed by atoms with E-state index in [9.17, 15) is 4.79 Å². The Kier molecular flexibility index (Phi) is 4.91. The van der Waals surface area contributed by atoms with Crippen LogP contribution in [0.2, 0.25) is 0 Å². The van der Waals surface area contributed by atoms with Gasteiger partial charge in [-0.2, -0.15) is 0 Å². The number of H-pyrrole nitrogens is 1. The number of nitrogens with zero attached hydrogens (tertiary/aromatic N) is 3. The van der Waals surface area contributed by atoms with Gasteiger partial charge in [0.15, 0.2) is 5.16 Å². The first kappa shape index (κ1) is 18.0. The smallest absolute Gasteiger partial charge is 0.223 e. The fourth-order valence-corrected chi connectivity index (χ4v) is 4.39. The highest BCUT2D eigenvalue weighted by molar-refractivity contribution is 7.98. The number of aryl methyl sites for hydroxylation is 2. The Balaban J connectivity index is 1.47. The second-order valence-corrected chi connectivity index (χ2v) is 7.83. The molecule has 0 unspecified atom stereocenters. The predicted octanol–water partition coefficient (Wildman–Crippen LogP) is 3.81. The van der Waals surface area contributed by atoms with Crippen molar-refractivity contribution in [3.05, 3.63) is 52.5 Å². The highest BCUT2D eigenvalue weighted by Gasteiger charge is 2.24. The molecule has 0 atom stereocenters. The number of fused-ring (bicyclic) bond motifs is 3. The van der Waals surface area contributed by atoms with E-state index in [0.717, 1.165) is 40.6 Å². The molecule has 0 saturated carbocycles. The van der Waals surface area contributed by atoms with Gasteiger partial charge in [0.2, 0.25) is 5.91 Å². The van der Waals surface area contributed by atoms with Gasteiger partial charge in [-0.05, 0) is 38.2 Å². The third-order valence-corrected chi connectivity index (χ3v) is 5.95. The zero-order valence-electron chi connectivity index (χ0n) is 16.0. The summed E-state index contributed by atoms with van der Waals surface area (Å²) in [5.74, 6) is 0.207. The average Bonchev–Trinajstić information content (AvgIpc) is 3.04. The van der Waals surface area contributed by atoms with E-state index in [2.05, 4.69) is 33.2 Å². The lowest BCUT2D eigenvalue weighted by atomic mass is 10.0. The van der Waals surface area contributed by atoms with E-state index < -0.39 is 0 Å². The largest absolute Gasteiger partial charge is 0.358 e. The minimum Gasteiger partial charge on any atom is -0.358 e. The van der Waals surface area contributed by atoms with Gasteiger partial charge in [-0.3, -0.25) is 4.79 Å². The molecule has 1 aliphatic heterocycles. The molecule has 0 fully saturated rings. The SMILES string of the molecule is CSc1nc(C)c(CCC(=O)N2CCc3[nH]c4ccccc4c3C2)c(C)n1. The first-order chi connectivity index (χ1) is 13.1. The van der Waals surface area contributed by atoms with E-state index in [-0.39, 0.29) is 5.91 Å². The van der Waals surface area contributed by atoms with E-state index in [4.69, 9.17) is 0 Å². The summed E-state index contributed by atoms with van der Waals surface area (Å²) >= 11 is 1.55. The van der Waals surface area contributed by atoms with Gasteiger partial charge in [-0.25, -0.2) is 9.97 Å². The predicted molar refractivity (Wildman–Crippen MR) is 109 cm³/mol. The summed E-state index contributed by atoms with van der Waals surface area (Å²) in [6, 6.07) is 8.34. The van der Waals surface area contributed by atoms with E-state index in [1.165, 1.54) is 16.6 Å². The lowest BCUT2D eigenvalue weighted by molar-refractivity contribution is -0.132. The zero-order chi connectivity index (χ0) is 19.0. The summed E-state index contributed by atoms with van der Waals surface area (Å²) in [7, 11) is 0. The van der Waals surface area contributed by atoms with Crippen molar-refractivity contribution in [2.75, 3.05) is 12.8 Å². The van der Waals surface area contributed by atoms with Gasteiger partial charge in [-0.1, -0.05) is 30.0 Å². The Morgan fingerprint density at radius 2 is 1.96 bits per heavy atom. The fourth-order valence-electron chi connectivity index (χ4n) is 3.93. The molecule has 0 radical (unpaired) electrons. The minimum atomic E-state index is 0.207. The van der Waals surface area contributed by atoms with E-state index in [1.54, 1.807) is 11.8 Å². The molecule has 4 rings (SSSR count). The molecule has 0 saturated heterocycles. The standard InChI is InChI=1S/C21H24N4OS/c1-13-15(14(2)23-21(22-13)27-3)8-9-20(26)25-11-10-19-17(12-25)16-6-4-5-7-18(16)24-19/h4-7,24H,8-12H2,1-3H3. The summed E-state index contributed by atoms with van der Waals surface area (Å²) in [5, 5.41) is 2.03. The number of para-hydroxylation sites is 1. The van der Waals surface area contributed by atoms with Gasteiger partial charge in [0.05, 0.1) is 0 Å². The van der Waals surface area contributed by atoms with Crippen LogP contribution in [0.15, 0.2) is 29.4 Å². The van der Waals surface area contributed by atoms with E-state index in [0.29, 0.717) is 19.4 Å². The lowest BCUT2D eigenvalue weighted by Crippen LogP contribution is -2.36. The summed E-state index contributed by atoms with van der Waals surface area (Å²) in [4.78, 5) is 27.4. The van der Waals surface area contributed by atoms with Crippen LogP contribution in [0.4, 0.5) is 0 Å². The maximum absolute atomic E-state index is 12.9. The number of carbonyl (C=O) groups is 1. The molecule has 3 aromatic rings. The van der Waals surface area contributed by atoms with Gasteiger partial charge >= 0.3 is 0 Å². The monoisotopic (exact) mass is 380 g/mol. The maximum Gasteiger partial charge on any atom is 0.223 e. The van der Waals surface area contributed by atoms with Crippen LogP contribution < -0.4 is 0 Å². The Morgan fingerprint density at radius 1 is 1.22 bits per heavy atom. The second kappa shape index (κ2) is 7.35. The normalized spacial score (nSPS) is 13.8. The number of nitrogens with one attached hydrogen (secondary N) is 1. The van der Waals surface area contributed by atoms with Crippen molar-refractivity contribution in [3.8, 4) is 0 Å². The van der Waals surface area contributed by atoms with Crippen molar-refractivity contribution in [2.24, 2.45) is 0 Å². The van der Waals surface area contributed by atoms with Crippen molar-refractivity contribution in [2.45, 2.75) is 44.8 Å². The molecule has 1 aromatic carbocycles. The van der Waals surface area contributed by atoms with Crippen molar-refractivity contribution >= 4 is 28.6 Å². The summed E-state index contributed by atoms with van der Waals surface area (Å²) < 4.78 is 0. The van der Waals surface area contributed by atoms with E-state index in [1.807, 2.05) is 31.1 Å². The highest BCUT2D eigenvalue weighted by atomic mass is 32.2. The average molecular weight is 381 g/mol. The van der Waals surface area contributed by atoms with Crippen LogP contribution in [0.5, 0.6) is 0 Å². The van der Waals surface area contributed by atoms with E-state index >= 15 is 0 Å². The van der Waals surface area contributed by atoms with Crippen LogP contribution in [0.25, 0.3) is 10.9 Å². The molecular weight excluding hydrogens is 356 g/mol. The van der Waals surface area contributed by atoms with Gasteiger partial charge < -0.3 is 9.88 Å². The van der Waals surface area contributed by atoms with Gasteiger partial charge in [0, 0.05) is 59.5 Å². The topological polar surface area (TPSA) is 61.9 Å². The van der Waals surface area contributed by atoms with Crippen LogP contribution in [-0.4, -0.2) is 38.6 Å². The molecule has 0 spiro atoms. The Labute approximate surface area is 163 Å². The van der Waals surface area contributed by atoms with Crippen molar-refractivity contribution in [1.29, 1.82) is 0 Å². The summed E-state index contributed by atoms with van der Waals surface area (Å²) in [5.41, 5.74) is 6.77. The molecule has 1 N–H and O–H groups in total. The van der Waals surface area contributed by atoms with Crippen molar-refractivity contribution in [1.82, 2.24) is 19.9 Å². The number of rotatable bonds is 4. The van der Waals surface area contributed by atoms with Crippen LogP contribution >= 0.6 is 11.8 Å². The van der Waals surface area contributed by atoms with Crippen molar-refractivity contribution < 1.29 is 4.79 Å². The van der Waals surface area contributed by atoms with Crippen LogP contribution in [0.1, 0.15) is 34.6 Å². The third kappa shape index (κ3) is 3.46. The maximum atomic E-state index is 12.9.